The highest BCUT2D eigenvalue weighted by Crippen LogP contribution is 2.51. The first-order valence-electron chi connectivity index (χ1n) is 9.50. The van der Waals surface area contributed by atoms with Gasteiger partial charge in [-0.1, -0.05) is 34.7 Å². The van der Waals surface area contributed by atoms with Crippen molar-refractivity contribution in [1.82, 2.24) is 30.8 Å². The van der Waals surface area contributed by atoms with Gasteiger partial charge >= 0.3 is 0 Å². The van der Waals surface area contributed by atoms with Crippen LogP contribution in [0, 0.1) is 0 Å². The average molecular weight is 396 g/mol. The van der Waals surface area contributed by atoms with Crippen molar-refractivity contribution < 1.29 is 10.2 Å². The standard InChI is InChI=1S/C22H16N6O2/c1-2-15(29)12-5-8-16(30)20-18-11(4-7-14-22(18)26-28-24-14)9-10-3-6-13-21(25-27-23-13)17(10)19(12)20/h2-8,15,29-30H,1,9H2,(H,23,25,27)(H,24,26,28). The van der Waals surface area contributed by atoms with Crippen molar-refractivity contribution in [3.63, 3.8) is 0 Å². The number of nitrogens with zero attached hydrogens (tertiary/aromatic N) is 4. The minimum atomic E-state index is -0.924. The number of aromatic hydroxyl groups is 1. The number of aromatic nitrogens is 6. The summed E-state index contributed by atoms with van der Waals surface area (Å²) in [5, 5.41) is 44.1. The quantitative estimate of drug-likeness (QED) is 0.333. The molecule has 2 aromatic heterocycles. The molecule has 0 spiro atoms. The Hall–Kier alpha value is -4.04. The Morgan fingerprint density at radius 2 is 1.43 bits per heavy atom. The highest BCUT2D eigenvalue weighted by molar-refractivity contribution is 6.07. The topological polar surface area (TPSA) is 124 Å². The second kappa shape index (κ2) is 5.98. The average Bonchev–Trinajstić information content (AvgIpc) is 3.40. The molecule has 6 rings (SSSR count). The van der Waals surface area contributed by atoms with Crippen LogP contribution in [0.1, 0.15) is 22.8 Å². The minimum Gasteiger partial charge on any atom is -0.507 e. The number of nitrogens with one attached hydrogen (secondary N) is 2. The molecule has 1 aliphatic rings. The van der Waals surface area contributed by atoms with Gasteiger partial charge in [0.15, 0.2) is 0 Å². The van der Waals surface area contributed by atoms with Gasteiger partial charge in [0.1, 0.15) is 16.8 Å². The molecule has 8 heteroatoms. The van der Waals surface area contributed by atoms with Gasteiger partial charge in [-0.3, -0.25) is 10.2 Å². The van der Waals surface area contributed by atoms with Gasteiger partial charge in [0.25, 0.3) is 0 Å². The number of phenols is 1. The lowest BCUT2D eigenvalue weighted by atomic mass is 9.86. The molecule has 0 saturated carbocycles. The van der Waals surface area contributed by atoms with E-state index < -0.39 is 6.10 Å². The second-order valence-corrected chi connectivity index (χ2v) is 7.40. The van der Waals surface area contributed by atoms with Crippen LogP contribution in [-0.2, 0) is 6.42 Å². The van der Waals surface area contributed by atoms with E-state index in [4.69, 9.17) is 0 Å². The third-order valence-corrected chi connectivity index (χ3v) is 5.81. The summed E-state index contributed by atoms with van der Waals surface area (Å²) in [4.78, 5) is 0. The Labute approximate surface area is 169 Å². The molecule has 8 nitrogen and oxygen atoms in total. The van der Waals surface area contributed by atoms with Gasteiger partial charge < -0.3 is 10.2 Å². The summed E-state index contributed by atoms with van der Waals surface area (Å²) in [6.45, 7) is 3.75. The molecule has 0 bridgehead atoms. The maximum atomic E-state index is 11.0. The molecule has 4 N–H and O–H groups in total. The fraction of sp³-hybridized carbons (Fsp3) is 0.0909. The lowest BCUT2D eigenvalue weighted by molar-refractivity contribution is 0.229. The van der Waals surface area contributed by atoms with Gasteiger partial charge in [-0.05, 0) is 41.3 Å². The highest BCUT2D eigenvalue weighted by atomic mass is 16.3. The molecule has 3 aromatic carbocycles. The van der Waals surface area contributed by atoms with Crippen LogP contribution >= 0.6 is 0 Å². The summed E-state index contributed by atoms with van der Waals surface area (Å²) in [6.07, 6.45) is 1.15. The van der Waals surface area contributed by atoms with Crippen molar-refractivity contribution in [3.8, 4) is 28.0 Å². The number of aromatic amines is 2. The number of fused-ring (bicyclic) bond motifs is 9. The molecular formula is C22H16N6O2. The zero-order valence-corrected chi connectivity index (χ0v) is 15.7. The number of hydrogen-bond acceptors (Lipinski definition) is 6. The fourth-order valence-electron chi connectivity index (χ4n) is 4.47. The van der Waals surface area contributed by atoms with E-state index in [0.29, 0.717) is 34.1 Å². The highest BCUT2D eigenvalue weighted by Gasteiger charge is 2.30. The monoisotopic (exact) mass is 396 g/mol. The number of H-pyrrole nitrogens is 2. The summed E-state index contributed by atoms with van der Waals surface area (Å²) in [5.74, 6) is 0.0927. The molecule has 0 aliphatic heterocycles. The first-order chi connectivity index (χ1) is 14.7. The molecule has 0 fully saturated rings. The lowest BCUT2D eigenvalue weighted by Gasteiger charge is -2.19. The number of hydrogen-bond donors (Lipinski definition) is 4. The van der Waals surface area contributed by atoms with Gasteiger partial charge in [0, 0.05) is 22.3 Å². The molecule has 0 saturated heterocycles. The predicted molar refractivity (Wildman–Crippen MR) is 112 cm³/mol. The Bertz CT molecular complexity index is 1480. The van der Waals surface area contributed by atoms with Crippen LogP contribution in [0.25, 0.3) is 44.3 Å². The van der Waals surface area contributed by atoms with Gasteiger partial charge in [-0.25, -0.2) is 0 Å². The molecule has 1 aliphatic carbocycles. The predicted octanol–water partition coefficient (Wildman–Crippen LogP) is 3.39. The lowest BCUT2D eigenvalue weighted by Crippen LogP contribution is -2.00. The number of aliphatic hydroxyl groups is 1. The number of phenolic OH excluding ortho intramolecular Hbond substituents is 1. The summed E-state index contributed by atoms with van der Waals surface area (Å²) in [5.41, 5.74) is 8.45. The second-order valence-electron chi connectivity index (χ2n) is 7.40. The SMILES string of the molecule is C=CC(O)c1ccc(O)c2c1-c1c(ccc3[nH]nnc13)Cc1ccc3[nH]nnc3c1-2. The summed E-state index contributed by atoms with van der Waals surface area (Å²) in [6, 6.07) is 11.2. The van der Waals surface area contributed by atoms with Crippen molar-refractivity contribution in [2.24, 2.45) is 0 Å². The van der Waals surface area contributed by atoms with Crippen LogP contribution in [0.3, 0.4) is 0 Å². The Morgan fingerprint density at radius 1 is 0.833 bits per heavy atom. The van der Waals surface area contributed by atoms with Crippen LogP contribution in [0.4, 0.5) is 0 Å². The van der Waals surface area contributed by atoms with Crippen molar-refractivity contribution in [1.29, 1.82) is 0 Å². The molecule has 1 unspecified atom stereocenters. The van der Waals surface area contributed by atoms with E-state index in [1.54, 1.807) is 12.1 Å². The van der Waals surface area contributed by atoms with Crippen molar-refractivity contribution in [3.05, 3.63) is 65.7 Å². The maximum Gasteiger partial charge on any atom is 0.124 e. The Balaban J connectivity index is 1.88. The zero-order valence-electron chi connectivity index (χ0n) is 15.7. The Morgan fingerprint density at radius 3 is 2.03 bits per heavy atom. The van der Waals surface area contributed by atoms with Gasteiger partial charge in [0.05, 0.1) is 17.1 Å². The molecule has 5 aromatic rings. The van der Waals surface area contributed by atoms with E-state index >= 15 is 0 Å². The van der Waals surface area contributed by atoms with Crippen LogP contribution in [0.2, 0.25) is 0 Å². The largest absolute Gasteiger partial charge is 0.507 e. The first-order valence-corrected chi connectivity index (χ1v) is 9.50. The van der Waals surface area contributed by atoms with Crippen molar-refractivity contribution in [2.45, 2.75) is 12.5 Å². The third kappa shape index (κ3) is 2.13. The number of aliphatic hydroxyl groups excluding tert-OH is 1. The maximum absolute atomic E-state index is 11.0. The van der Waals surface area contributed by atoms with Gasteiger partial charge in [-0.2, -0.15) is 0 Å². The van der Waals surface area contributed by atoms with E-state index in [2.05, 4.69) is 37.4 Å². The molecule has 30 heavy (non-hydrogen) atoms. The minimum absolute atomic E-state index is 0.0927. The van der Waals surface area contributed by atoms with Crippen molar-refractivity contribution in [2.75, 3.05) is 0 Å². The third-order valence-electron chi connectivity index (χ3n) is 5.81. The van der Waals surface area contributed by atoms with E-state index in [1.807, 2.05) is 24.3 Å². The molecule has 0 amide bonds. The van der Waals surface area contributed by atoms with E-state index in [9.17, 15) is 10.2 Å². The Kier molecular flexibility index (Phi) is 3.36. The van der Waals surface area contributed by atoms with Crippen LogP contribution in [0.15, 0.2) is 49.1 Å². The van der Waals surface area contributed by atoms with E-state index in [0.717, 1.165) is 33.3 Å². The molecule has 0 radical (unpaired) electrons. The van der Waals surface area contributed by atoms with E-state index in [1.165, 1.54) is 6.08 Å². The molecule has 1 atom stereocenters. The number of rotatable bonds is 2. The normalized spacial score (nSPS) is 13.5. The number of benzene rings is 3. The molecule has 2 heterocycles. The first kappa shape index (κ1) is 16.9. The fourth-order valence-corrected chi connectivity index (χ4v) is 4.47. The van der Waals surface area contributed by atoms with Gasteiger partial charge in [-0.15, -0.1) is 16.8 Å². The molecular weight excluding hydrogens is 380 g/mol. The summed E-state index contributed by atoms with van der Waals surface area (Å²) >= 11 is 0. The van der Waals surface area contributed by atoms with Gasteiger partial charge in [0.2, 0.25) is 0 Å². The molecule has 146 valence electrons. The van der Waals surface area contributed by atoms with E-state index in [-0.39, 0.29) is 5.75 Å². The zero-order chi connectivity index (χ0) is 20.4. The summed E-state index contributed by atoms with van der Waals surface area (Å²) in [7, 11) is 0. The van der Waals surface area contributed by atoms with Crippen LogP contribution in [-0.4, -0.2) is 41.0 Å². The van der Waals surface area contributed by atoms with Crippen LogP contribution < -0.4 is 0 Å². The van der Waals surface area contributed by atoms with Crippen LogP contribution in [0.5, 0.6) is 5.75 Å². The summed E-state index contributed by atoms with van der Waals surface area (Å²) < 4.78 is 0. The van der Waals surface area contributed by atoms with Crippen molar-refractivity contribution >= 4 is 22.1 Å². The smallest absolute Gasteiger partial charge is 0.124 e.